The molecule has 0 aliphatic rings. The number of carbonyl (C=O) groups is 4. The first-order valence-corrected chi connectivity index (χ1v) is 36.7. The number of carbonyl (C=O) groups excluding carboxylic acids is 4. The largest absolute Gasteiger partial charge is 0.472 e. The Bertz CT molecular complexity index is 1620. The zero-order valence-electron chi connectivity index (χ0n) is 53.3. The molecule has 0 amide bonds. The molecule has 0 heterocycles. The maximum atomic E-state index is 13.0. The van der Waals surface area contributed by atoms with Crippen LogP contribution in [0.4, 0.5) is 0 Å². The van der Waals surface area contributed by atoms with E-state index in [1.165, 1.54) is 128 Å². The Balaban J connectivity index is 5.11. The lowest BCUT2D eigenvalue weighted by atomic mass is 9.99. The lowest BCUT2D eigenvalue weighted by molar-refractivity contribution is -0.161. The Morgan fingerprint density at radius 2 is 0.578 bits per heavy atom. The maximum Gasteiger partial charge on any atom is 0.472 e. The second-order valence-electron chi connectivity index (χ2n) is 23.4. The van der Waals surface area contributed by atoms with Crippen molar-refractivity contribution in [3.05, 3.63) is 0 Å². The average molecular weight is 1230 g/mol. The fourth-order valence-electron chi connectivity index (χ4n) is 9.55. The number of phosphoric acid groups is 2. The van der Waals surface area contributed by atoms with E-state index in [9.17, 15) is 43.2 Å². The van der Waals surface area contributed by atoms with Crippen LogP contribution in [0, 0.1) is 5.92 Å². The van der Waals surface area contributed by atoms with Gasteiger partial charge in [0.05, 0.1) is 26.4 Å². The van der Waals surface area contributed by atoms with Crippen molar-refractivity contribution < 1.29 is 80.2 Å². The van der Waals surface area contributed by atoms with Crippen molar-refractivity contribution in [2.24, 2.45) is 5.92 Å². The van der Waals surface area contributed by atoms with Crippen LogP contribution in [0.1, 0.15) is 324 Å². The zero-order valence-corrected chi connectivity index (χ0v) is 55.1. The molecule has 0 aromatic heterocycles. The molecule has 0 aromatic carbocycles. The topological polar surface area (TPSA) is 237 Å². The number of phosphoric ester groups is 2. The van der Waals surface area contributed by atoms with Crippen molar-refractivity contribution >= 4 is 39.5 Å². The number of hydrogen-bond acceptors (Lipinski definition) is 15. The van der Waals surface area contributed by atoms with Gasteiger partial charge in [-0.2, -0.15) is 0 Å². The lowest BCUT2D eigenvalue weighted by Crippen LogP contribution is -2.30. The minimum atomic E-state index is -4.94. The first-order valence-electron chi connectivity index (χ1n) is 33.7. The number of aliphatic hydroxyl groups is 1. The number of ether oxygens (including phenoxy) is 4. The number of hydrogen-bond donors (Lipinski definition) is 3. The van der Waals surface area contributed by atoms with Crippen molar-refractivity contribution in [2.45, 2.75) is 342 Å². The van der Waals surface area contributed by atoms with E-state index in [1.807, 2.05) is 0 Å². The molecule has 0 radical (unpaired) electrons. The Kier molecular flexibility index (Phi) is 56.4. The smallest absolute Gasteiger partial charge is 0.462 e. The van der Waals surface area contributed by atoms with Crippen LogP contribution >= 0.6 is 15.6 Å². The van der Waals surface area contributed by atoms with Crippen LogP contribution in [0.25, 0.3) is 0 Å². The molecule has 0 saturated carbocycles. The van der Waals surface area contributed by atoms with Crippen LogP contribution in [-0.2, 0) is 65.4 Å². The molecule has 0 rings (SSSR count). The molecule has 0 saturated heterocycles. The number of aliphatic hydroxyl groups excluding tert-OH is 1. The maximum absolute atomic E-state index is 13.0. The van der Waals surface area contributed by atoms with Gasteiger partial charge in [0.1, 0.15) is 19.3 Å². The Labute approximate surface area is 505 Å². The summed E-state index contributed by atoms with van der Waals surface area (Å²) in [5.74, 6) is -1.37. The van der Waals surface area contributed by atoms with Gasteiger partial charge in [-0.15, -0.1) is 0 Å². The summed E-state index contributed by atoms with van der Waals surface area (Å²) < 4.78 is 67.7. The molecule has 0 fully saturated rings. The predicted octanol–water partition coefficient (Wildman–Crippen LogP) is 17.8. The van der Waals surface area contributed by atoms with Crippen LogP contribution in [-0.4, -0.2) is 96.7 Å². The Morgan fingerprint density at radius 3 is 0.855 bits per heavy atom. The minimum Gasteiger partial charge on any atom is -0.462 e. The molecule has 19 heteroatoms. The van der Waals surface area contributed by atoms with E-state index < -0.39 is 97.5 Å². The fraction of sp³-hybridized carbons (Fsp3) is 0.938. The fourth-order valence-corrected chi connectivity index (χ4v) is 11.1. The monoisotopic (exact) mass is 1230 g/mol. The quantitative estimate of drug-likeness (QED) is 0.0222. The van der Waals surface area contributed by atoms with Crippen LogP contribution in [0.15, 0.2) is 0 Å². The molecule has 492 valence electrons. The van der Waals surface area contributed by atoms with E-state index in [0.29, 0.717) is 25.7 Å². The molecule has 17 nitrogen and oxygen atoms in total. The first kappa shape index (κ1) is 81.1. The lowest BCUT2D eigenvalue weighted by Gasteiger charge is -2.21. The highest BCUT2D eigenvalue weighted by Gasteiger charge is 2.30. The van der Waals surface area contributed by atoms with Gasteiger partial charge in [0.25, 0.3) is 0 Å². The molecule has 3 N–H and O–H groups in total. The molecule has 3 unspecified atom stereocenters. The van der Waals surface area contributed by atoms with E-state index in [2.05, 4.69) is 34.6 Å². The third-order valence-electron chi connectivity index (χ3n) is 15.1. The van der Waals surface area contributed by atoms with Crippen molar-refractivity contribution in [1.29, 1.82) is 0 Å². The zero-order chi connectivity index (χ0) is 61.3. The average Bonchev–Trinajstić information content (AvgIpc) is 3.47. The molecular weight excluding hydrogens is 1100 g/mol. The van der Waals surface area contributed by atoms with E-state index in [0.717, 1.165) is 115 Å². The third-order valence-corrected chi connectivity index (χ3v) is 17.0. The van der Waals surface area contributed by atoms with E-state index in [4.69, 9.17) is 37.0 Å². The molecular formula is C64H124O17P2. The van der Waals surface area contributed by atoms with Gasteiger partial charge in [0.15, 0.2) is 12.2 Å². The molecule has 83 heavy (non-hydrogen) atoms. The number of esters is 4. The van der Waals surface area contributed by atoms with Gasteiger partial charge in [0.2, 0.25) is 0 Å². The molecule has 0 aromatic rings. The molecule has 0 bridgehead atoms. The highest BCUT2D eigenvalue weighted by atomic mass is 31.2. The van der Waals surface area contributed by atoms with Gasteiger partial charge in [-0.1, -0.05) is 272 Å². The Morgan fingerprint density at radius 1 is 0.337 bits per heavy atom. The van der Waals surface area contributed by atoms with Crippen molar-refractivity contribution in [1.82, 2.24) is 0 Å². The first-order chi connectivity index (χ1) is 40.1. The summed E-state index contributed by atoms with van der Waals surface area (Å²) in [6.07, 6.45) is 42.3. The van der Waals surface area contributed by atoms with Crippen molar-refractivity contribution in [3.63, 3.8) is 0 Å². The number of unbranched alkanes of at least 4 members (excludes halogenated alkanes) is 35. The normalized spacial score (nSPS) is 14.6. The second kappa shape index (κ2) is 57.8. The van der Waals surface area contributed by atoms with Crippen molar-refractivity contribution in [3.8, 4) is 0 Å². The molecule has 0 aliphatic carbocycles. The molecule has 0 spiro atoms. The van der Waals surface area contributed by atoms with Gasteiger partial charge in [-0.05, 0) is 31.6 Å². The van der Waals surface area contributed by atoms with Crippen LogP contribution in [0.3, 0.4) is 0 Å². The predicted molar refractivity (Wildman–Crippen MR) is 331 cm³/mol. The summed E-state index contributed by atoms with van der Waals surface area (Å²) >= 11 is 0. The summed E-state index contributed by atoms with van der Waals surface area (Å²) in [5, 5.41) is 10.5. The standard InChI is InChI=1S/C64H124O17P2/c1-6-10-13-16-18-19-20-21-22-23-24-25-26-27-28-29-35-40-45-50-64(69)81-60(54-75-62(67)48-43-38-34-31-30-33-37-41-46-57(5)9-4)56-79-83(72,73)77-52-58(65)51-76-82(70,71)78-55-59(53-74-61(66)47-42-36-15-12-8-3)80-63(68)49-44-39-32-17-14-11-7-2/h57-60,65H,6-56H2,1-5H3,(H,70,71)(H,72,73)/t57?,58-,59+,60+/m0/s1. The van der Waals surface area contributed by atoms with Gasteiger partial charge < -0.3 is 33.8 Å². The molecule has 0 aliphatic heterocycles. The minimum absolute atomic E-state index is 0.103. The van der Waals surface area contributed by atoms with Crippen LogP contribution in [0.2, 0.25) is 0 Å². The van der Waals surface area contributed by atoms with Crippen molar-refractivity contribution in [2.75, 3.05) is 39.6 Å². The third kappa shape index (κ3) is 57.6. The van der Waals surface area contributed by atoms with Crippen LogP contribution < -0.4 is 0 Å². The van der Waals surface area contributed by atoms with Gasteiger partial charge in [-0.3, -0.25) is 37.3 Å². The van der Waals surface area contributed by atoms with Gasteiger partial charge in [-0.25, -0.2) is 9.13 Å². The van der Waals surface area contributed by atoms with Gasteiger partial charge in [0, 0.05) is 25.7 Å². The summed E-state index contributed by atoms with van der Waals surface area (Å²) in [6.45, 7) is 7.06. The van der Waals surface area contributed by atoms with Crippen LogP contribution in [0.5, 0.6) is 0 Å². The summed E-state index contributed by atoms with van der Waals surface area (Å²) in [5.41, 5.74) is 0. The molecule has 6 atom stereocenters. The van der Waals surface area contributed by atoms with Gasteiger partial charge >= 0.3 is 39.5 Å². The summed E-state index contributed by atoms with van der Waals surface area (Å²) in [6, 6.07) is 0. The summed E-state index contributed by atoms with van der Waals surface area (Å²) in [7, 11) is -9.87. The second-order valence-corrected chi connectivity index (χ2v) is 26.3. The van der Waals surface area contributed by atoms with E-state index >= 15 is 0 Å². The van der Waals surface area contributed by atoms with E-state index in [1.54, 1.807) is 0 Å². The highest BCUT2D eigenvalue weighted by Crippen LogP contribution is 2.45. The highest BCUT2D eigenvalue weighted by molar-refractivity contribution is 7.47. The number of rotatable bonds is 64. The SMILES string of the molecule is CCCCCCCCCCCCCCCCCCCCCC(=O)O[C@H](COC(=O)CCCCCCCCCCC(C)CC)COP(=O)(O)OC[C@@H](O)COP(=O)(O)OC[C@@H](COC(=O)CCCCCCC)OC(=O)CCCCCCCCC. The Hall–Kier alpha value is -1.94. The van der Waals surface area contributed by atoms with E-state index in [-0.39, 0.29) is 25.7 Å². The summed E-state index contributed by atoms with van der Waals surface area (Å²) in [4.78, 5) is 71.8.